The van der Waals surface area contributed by atoms with Crippen LogP contribution in [0.1, 0.15) is 38.4 Å². The minimum absolute atomic E-state index is 0.527. The third kappa shape index (κ3) is 3.60. The lowest BCUT2D eigenvalue weighted by molar-refractivity contribution is 0.0321. The number of nitrogens with zero attached hydrogens (tertiary/aromatic N) is 2. The van der Waals surface area contributed by atoms with Gasteiger partial charge in [0, 0.05) is 13.5 Å². The fourth-order valence-electron chi connectivity index (χ4n) is 1.32. The number of aliphatic hydroxyl groups is 1. The molecule has 15 heavy (non-hydrogen) atoms. The summed E-state index contributed by atoms with van der Waals surface area (Å²) in [5.41, 5.74) is -0.626. The van der Waals surface area contributed by atoms with Crippen molar-refractivity contribution < 1.29 is 9.63 Å². The van der Waals surface area contributed by atoms with E-state index in [1.165, 1.54) is 0 Å². The van der Waals surface area contributed by atoms with Crippen molar-refractivity contribution in [2.24, 2.45) is 0 Å². The molecule has 1 rings (SSSR count). The summed E-state index contributed by atoms with van der Waals surface area (Å²) in [5.74, 6) is 1.19. The van der Waals surface area contributed by atoms with Crippen molar-refractivity contribution >= 4 is 0 Å². The van der Waals surface area contributed by atoms with Gasteiger partial charge in [-0.2, -0.15) is 4.98 Å². The molecule has 0 saturated carbocycles. The van der Waals surface area contributed by atoms with Gasteiger partial charge in [-0.15, -0.1) is 0 Å². The lowest BCUT2D eigenvalue weighted by atomic mass is 9.98. The van der Waals surface area contributed by atoms with Gasteiger partial charge in [-0.25, -0.2) is 0 Å². The average molecular weight is 213 g/mol. The molecule has 0 aliphatic rings. The standard InChI is InChI=1S/C10H19N3O2/c1-4-10(14,5-2)7-11-6-9-12-8(3)15-13-9/h11,14H,4-7H2,1-3H3. The first-order chi connectivity index (χ1) is 7.09. The third-order valence-electron chi connectivity index (χ3n) is 2.62. The molecule has 0 saturated heterocycles. The van der Waals surface area contributed by atoms with Crippen LogP contribution in [0.3, 0.4) is 0 Å². The van der Waals surface area contributed by atoms with Crippen molar-refractivity contribution in [3.63, 3.8) is 0 Å². The Bertz CT molecular complexity index is 295. The molecule has 0 unspecified atom stereocenters. The maximum absolute atomic E-state index is 9.99. The van der Waals surface area contributed by atoms with Gasteiger partial charge in [0.2, 0.25) is 5.89 Å². The summed E-state index contributed by atoms with van der Waals surface area (Å²) >= 11 is 0. The molecule has 0 aliphatic heterocycles. The Morgan fingerprint density at radius 2 is 2.07 bits per heavy atom. The second kappa shape index (κ2) is 5.23. The van der Waals surface area contributed by atoms with Crippen molar-refractivity contribution in [3.8, 4) is 0 Å². The van der Waals surface area contributed by atoms with Crippen LogP contribution in [0.25, 0.3) is 0 Å². The highest BCUT2D eigenvalue weighted by Crippen LogP contribution is 2.12. The number of hydrogen-bond acceptors (Lipinski definition) is 5. The first-order valence-corrected chi connectivity index (χ1v) is 5.32. The van der Waals surface area contributed by atoms with Gasteiger partial charge in [0.25, 0.3) is 0 Å². The third-order valence-corrected chi connectivity index (χ3v) is 2.62. The van der Waals surface area contributed by atoms with Crippen molar-refractivity contribution in [2.45, 2.75) is 45.8 Å². The molecule has 86 valence electrons. The number of aryl methyl sites for hydroxylation is 1. The summed E-state index contributed by atoms with van der Waals surface area (Å²) in [5, 5.41) is 16.9. The summed E-state index contributed by atoms with van der Waals surface area (Å²) in [6.07, 6.45) is 1.48. The van der Waals surface area contributed by atoms with E-state index in [1.54, 1.807) is 6.92 Å². The molecule has 0 spiro atoms. The molecule has 5 nitrogen and oxygen atoms in total. The van der Waals surface area contributed by atoms with Crippen LogP contribution in [0.15, 0.2) is 4.52 Å². The van der Waals surface area contributed by atoms with E-state index >= 15 is 0 Å². The normalized spacial score (nSPS) is 12.0. The lowest BCUT2D eigenvalue weighted by Gasteiger charge is -2.25. The monoisotopic (exact) mass is 213 g/mol. The van der Waals surface area contributed by atoms with Crippen LogP contribution in [0.5, 0.6) is 0 Å². The molecule has 1 heterocycles. The Kier molecular flexibility index (Phi) is 4.23. The van der Waals surface area contributed by atoms with E-state index in [9.17, 15) is 5.11 Å². The minimum atomic E-state index is -0.626. The van der Waals surface area contributed by atoms with Crippen molar-refractivity contribution in [3.05, 3.63) is 11.7 Å². The van der Waals surface area contributed by atoms with Crippen LogP contribution in [-0.4, -0.2) is 27.4 Å². The van der Waals surface area contributed by atoms with E-state index in [-0.39, 0.29) is 0 Å². The molecule has 0 fully saturated rings. The van der Waals surface area contributed by atoms with Gasteiger partial charge in [0.1, 0.15) is 0 Å². The molecule has 5 heteroatoms. The highest BCUT2D eigenvalue weighted by atomic mass is 16.5. The molecular weight excluding hydrogens is 194 g/mol. The molecule has 0 radical (unpaired) electrons. The van der Waals surface area contributed by atoms with Crippen LogP contribution in [0.4, 0.5) is 0 Å². The zero-order valence-electron chi connectivity index (χ0n) is 9.58. The molecule has 1 aromatic heterocycles. The van der Waals surface area contributed by atoms with Gasteiger partial charge in [-0.1, -0.05) is 19.0 Å². The second-order valence-electron chi connectivity index (χ2n) is 3.76. The van der Waals surface area contributed by atoms with Crippen molar-refractivity contribution in [1.82, 2.24) is 15.5 Å². The van der Waals surface area contributed by atoms with E-state index in [0.29, 0.717) is 24.8 Å². The molecular formula is C10H19N3O2. The second-order valence-corrected chi connectivity index (χ2v) is 3.76. The Labute approximate surface area is 89.9 Å². The quantitative estimate of drug-likeness (QED) is 0.738. The molecule has 0 aromatic carbocycles. The number of rotatable bonds is 6. The smallest absolute Gasteiger partial charge is 0.223 e. The number of hydrogen-bond donors (Lipinski definition) is 2. The SMILES string of the molecule is CCC(O)(CC)CNCc1noc(C)n1. The summed E-state index contributed by atoms with van der Waals surface area (Å²) in [6.45, 7) is 6.78. The first kappa shape index (κ1) is 12.1. The van der Waals surface area contributed by atoms with E-state index in [2.05, 4.69) is 15.5 Å². The molecule has 1 aromatic rings. The summed E-state index contributed by atoms with van der Waals surface area (Å²) in [4.78, 5) is 4.06. The van der Waals surface area contributed by atoms with Crippen LogP contribution < -0.4 is 5.32 Å². The minimum Gasteiger partial charge on any atom is -0.389 e. The van der Waals surface area contributed by atoms with Crippen molar-refractivity contribution in [2.75, 3.05) is 6.54 Å². The van der Waals surface area contributed by atoms with Crippen LogP contribution in [0, 0.1) is 6.92 Å². The fraction of sp³-hybridized carbons (Fsp3) is 0.800. The first-order valence-electron chi connectivity index (χ1n) is 5.32. The Morgan fingerprint density at radius 1 is 1.40 bits per heavy atom. The van der Waals surface area contributed by atoms with Gasteiger partial charge in [-0.05, 0) is 12.8 Å². The summed E-state index contributed by atoms with van der Waals surface area (Å²) < 4.78 is 4.84. The largest absolute Gasteiger partial charge is 0.389 e. The molecule has 2 N–H and O–H groups in total. The Hall–Kier alpha value is -0.940. The van der Waals surface area contributed by atoms with Gasteiger partial charge >= 0.3 is 0 Å². The highest BCUT2D eigenvalue weighted by Gasteiger charge is 2.21. The molecule has 0 amide bonds. The van der Waals surface area contributed by atoms with Crippen LogP contribution in [0.2, 0.25) is 0 Å². The zero-order valence-corrected chi connectivity index (χ0v) is 9.58. The summed E-state index contributed by atoms with van der Waals surface area (Å²) in [7, 11) is 0. The topological polar surface area (TPSA) is 71.2 Å². The average Bonchev–Trinajstić information content (AvgIpc) is 2.64. The van der Waals surface area contributed by atoms with Gasteiger partial charge < -0.3 is 14.9 Å². The summed E-state index contributed by atoms with van der Waals surface area (Å²) in [6, 6.07) is 0. The Balaban J connectivity index is 2.32. The fourth-order valence-corrected chi connectivity index (χ4v) is 1.32. The maximum Gasteiger partial charge on any atom is 0.223 e. The van der Waals surface area contributed by atoms with Crippen molar-refractivity contribution in [1.29, 1.82) is 0 Å². The van der Waals surface area contributed by atoms with E-state index in [0.717, 1.165) is 12.8 Å². The van der Waals surface area contributed by atoms with E-state index < -0.39 is 5.60 Å². The zero-order chi connectivity index (χ0) is 11.3. The van der Waals surface area contributed by atoms with Gasteiger partial charge in [-0.3, -0.25) is 0 Å². The molecule has 0 aliphatic carbocycles. The van der Waals surface area contributed by atoms with E-state index in [1.807, 2.05) is 13.8 Å². The van der Waals surface area contributed by atoms with E-state index in [4.69, 9.17) is 4.52 Å². The predicted molar refractivity (Wildman–Crippen MR) is 56.3 cm³/mol. The van der Waals surface area contributed by atoms with Gasteiger partial charge in [0.15, 0.2) is 5.82 Å². The predicted octanol–water partition coefficient (Wildman–Crippen LogP) is 1.02. The van der Waals surface area contributed by atoms with Crippen LogP contribution >= 0.6 is 0 Å². The maximum atomic E-state index is 9.99. The molecule has 0 bridgehead atoms. The lowest BCUT2D eigenvalue weighted by Crippen LogP contribution is -2.39. The van der Waals surface area contributed by atoms with Crippen LogP contribution in [-0.2, 0) is 6.54 Å². The number of nitrogens with one attached hydrogen (secondary N) is 1. The van der Waals surface area contributed by atoms with Gasteiger partial charge in [0.05, 0.1) is 12.1 Å². The number of aromatic nitrogens is 2. The highest BCUT2D eigenvalue weighted by molar-refractivity contribution is 4.85. The Morgan fingerprint density at radius 3 is 2.53 bits per heavy atom. The molecule has 0 atom stereocenters.